The van der Waals surface area contributed by atoms with Gasteiger partial charge in [0.25, 0.3) is 0 Å². The normalized spacial score (nSPS) is 18.0. The monoisotopic (exact) mass is 291 g/mol. The van der Waals surface area contributed by atoms with Gasteiger partial charge in [0.1, 0.15) is 11.0 Å². The molecule has 1 aliphatic carbocycles. The summed E-state index contributed by atoms with van der Waals surface area (Å²) in [7, 11) is 0. The van der Waals surface area contributed by atoms with Gasteiger partial charge in [0.05, 0.1) is 5.60 Å². The first-order valence-electron chi connectivity index (χ1n) is 6.95. The molecule has 0 amide bonds. The van der Waals surface area contributed by atoms with Crippen LogP contribution in [0.1, 0.15) is 38.7 Å². The van der Waals surface area contributed by atoms with Crippen molar-refractivity contribution in [2.75, 3.05) is 5.32 Å². The second kappa shape index (κ2) is 4.86. The minimum atomic E-state index is -0.923. The van der Waals surface area contributed by atoms with Crippen LogP contribution in [0, 0.1) is 0 Å². The molecule has 0 unspecified atom stereocenters. The summed E-state index contributed by atoms with van der Waals surface area (Å²) in [5, 5.41) is 16.2. The molecule has 20 heavy (non-hydrogen) atoms. The van der Waals surface area contributed by atoms with Crippen molar-refractivity contribution in [3.05, 3.63) is 29.2 Å². The van der Waals surface area contributed by atoms with Crippen LogP contribution in [0.25, 0.3) is 10.8 Å². The zero-order valence-corrected chi connectivity index (χ0v) is 12.4. The summed E-state index contributed by atoms with van der Waals surface area (Å²) in [5.74, 6) is 0.822. The number of halogens is 1. The summed E-state index contributed by atoms with van der Waals surface area (Å²) in [4.78, 5) is 8.63. The number of aliphatic hydroxyl groups is 1. The van der Waals surface area contributed by atoms with Crippen LogP contribution in [0.2, 0.25) is 5.15 Å². The van der Waals surface area contributed by atoms with E-state index in [1.165, 1.54) is 12.8 Å². The Kier molecular flexibility index (Phi) is 3.30. The maximum atomic E-state index is 10.5. The fourth-order valence-corrected chi connectivity index (χ4v) is 2.42. The number of nitrogens with one attached hydrogen (secondary N) is 1. The van der Waals surface area contributed by atoms with E-state index in [0.29, 0.717) is 17.6 Å². The van der Waals surface area contributed by atoms with Crippen LogP contribution >= 0.6 is 11.6 Å². The number of fused-ring (bicyclic) bond motifs is 1. The Labute approximate surface area is 123 Å². The Bertz CT molecular complexity index is 653. The fraction of sp³-hybridized carbons (Fsp3) is 0.467. The number of hydrogen-bond donors (Lipinski definition) is 2. The highest BCUT2D eigenvalue weighted by Gasteiger charge is 2.27. The van der Waals surface area contributed by atoms with Crippen LogP contribution in [-0.2, 0) is 5.60 Å². The Hall–Kier alpha value is -1.39. The van der Waals surface area contributed by atoms with Crippen LogP contribution in [0.4, 0.5) is 5.82 Å². The molecule has 2 aromatic heterocycles. The third-order valence-electron chi connectivity index (χ3n) is 3.93. The van der Waals surface area contributed by atoms with Crippen LogP contribution in [0.3, 0.4) is 0 Å². The highest BCUT2D eigenvalue weighted by atomic mass is 35.5. The number of nitrogens with zero attached hydrogens (tertiary/aromatic N) is 2. The summed E-state index contributed by atoms with van der Waals surface area (Å²) in [5.41, 5.74) is -0.130. The maximum Gasteiger partial charge on any atom is 0.135 e. The summed E-state index contributed by atoms with van der Waals surface area (Å²) in [6, 6.07) is 2.31. The smallest absolute Gasteiger partial charge is 0.135 e. The first-order valence-corrected chi connectivity index (χ1v) is 7.32. The van der Waals surface area contributed by atoms with Gasteiger partial charge in [0, 0.05) is 29.4 Å². The molecule has 2 aromatic rings. The van der Waals surface area contributed by atoms with Crippen LogP contribution in [0.5, 0.6) is 0 Å². The molecule has 4 nitrogen and oxygen atoms in total. The Morgan fingerprint density at radius 3 is 2.75 bits per heavy atom. The summed E-state index contributed by atoms with van der Waals surface area (Å²) >= 11 is 6.02. The van der Waals surface area contributed by atoms with Gasteiger partial charge >= 0.3 is 0 Å². The van der Waals surface area contributed by atoms with Gasteiger partial charge in [-0.2, -0.15) is 0 Å². The number of hydrogen-bond acceptors (Lipinski definition) is 4. The molecule has 0 aliphatic heterocycles. The average Bonchev–Trinajstić information content (AvgIpc) is 3.22. The van der Waals surface area contributed by atoms with Crippen molar-refractivity contribution >= 4 is 28.2 Å². The lowest BCUT2D eigenvalue weighted by Crippen LogP contribution is -2.21. The van der Waals surface area contributed by atoms with Gasteiger partial charge in [0.2, 0.25) is 0 Å². The first-order chi connectivity index (χ1) is 9.51. The van der Waals surface area contributed by atoms with E-state index in [1.54, 1.807) is 25.4 Å². The van der Waals surface area contributed by atoms with Crippen molar-refractivity contribution in [1.29, 1.82) is 0 Å². The SMILES string of the molecule is CC[C@@](C)(O)c1cnc(NC2CC2)c2cnc(Cl)cc12. The third kappa shape index (κ3) is 2.45. The van der Waals surface area contributed by atoms with Crippen LogP contribution in [-0.4, -0.2) is 21.1 Å². The minimum absolute atomic E-state index is 0.425. The minimum Gasteiger partial charge on any atom is -0.385 e. The van der Waals surface area contributed by atoms with Crippen molar-refractivity contribution in [2.24, 2.45) is 0 Å². The fourth-order valence-electron chi connectivity index (χ4n) is 2.27. The van der Waals surface area contributed by atoms with Gasteiger partial charge in [-0.3, -0.25) is 0 Å². The molecular weight excluding hydrogens is 274 g/mol. The van der Waals surface area contributed by atoms with Crippen LogP contribution < -0.4 is 5.32 Å². The van der Waals surface area contributed by atoms with Gasteiger partial charge in [-0.05, 0) is 37.6 Å². The highest BCUT2D eigenvalue weighted by Crippen LogP contribution is 2.35. The zero-order valence-electron chi connectivity index (χ0n) is 11.7. The van der Waals surface area contributed by atoms with E-state index < -0.39 is 5.60 Å². The molecule has 1 saturated carbocycles. The molecule has 106 valence electrons. The van der Waals surface area contributed by atoms with E-state index in [1.807, 2.05) is 6.92 Å². The number of anilines is 1. The Morgan fingerprint density at radius 1 is 1.35 bits per heavy atom. The average molecular weight is 292 g/mol. The van der Waals surface area contributed by atoms with Crippen molar-refractivity contribution in [2.45, 2.75) is 44.8 Å². The van der Waals surface area contributed by atoms with Crippen molar-refractivity contribution in [3.63, 3.8) is 0 Å². The second-order valence-corrected chi connectivity index (χ2v) is 6.01. The second-order valence-electron chi connectivity index (χ2n) is 5.62. The molecule has 0 aromatic carbocycles. The molecule has 3 rings (SSSR count). The standard InChI is InChI=1S/C15H18ClN3O/c1-3-15(2,20)12-8-18-14(19-9-4-5-9)11-7-17-13(16)6-10(11)12/h6-9,20H,3-5H2,1-2H3,(H,18,19)/t15-/m1/s1. The molecular formula is C15H18ClN3O. The molecule has 2 N–H and O–H groups in total. The van der Waals surface area contributed by atoms with Crippen LogP contribution in [0.15, 0.2) is 18.5 Å². The lowest BCUT2D eigenvalue weighted by molar-refractivity contribution is 0.0543. The lowest BCUT2D eigenvalue weighted by Gasteiger charge is -2.24. The van der Waals surface area contributed by atoms with Gasteiger partial charge in [-0.1, -0.05) is 18.5 Å². The predicted molar refractivity (Wildman–Crippen MR) is 81.1 cm³/mol. The summed E-state index contributed by atoms with van der Waals surface area (Å²) < 4.78 is 0. The van der Waals surface area contributed by atoms with E-state index in [4.69, 9.17) is 11.6 Å². The molecule has 0 radical (unpaired) electrons. The molecule has 1 atom stereocenters. The first kappa shape index (κ1) is 13.6. The molecule has 1 fully saturated rings. The largest absolute Gasteiger partial charge is 0.385 e. The molecule has 5 heteroatoms. The topological polar surface area (TPSA) is 58.0 Å². The predicted octanol–water partition coefficient (Wildman–Crippen LogP) is 3.48. The third-order valence-corrected chi connectivity index (χ3v) is 4.13. The number of aromatic nitrogens is 2. The zero-order chi connectivity index (χ0) is 14.3. The van der Waals surface area contributed by atoms with Crippen molar-refractivity contribution in [3.8, 4) is 0 Å². The molecule has 2 heterocycles. The highest BCUT2D eigenvalue weighted by molar-refractivity contribution is 6.30. The molecule has 0 spiro atoms. The number of pyridine rings is 2. The summed E-state index contributed by atoms with van der Waals surface area (Å²) in [6.07, 6.45) is 6.44. The van der Waals surface area contributed by atoms with Crippen molar-refractivity contribution < 1.29 is 5.11 Å². The van der Waals surface area contributed by atoms with Crippen molar-refractivity contribution in [1.82, 2.24) is 9.97 Å². The quantitative estimate of drug-likeness (QED) is 0.847. The lowest BCUT2D eigenvalue weighted by atomic mass is 9.91. The van der Waals surface area contributed by atoms with E-state index in [0.717, 1.165) is 22.2 Å². The van der Waals surface area contributed by atoms with Gasteiger partial charge in [0.15, 0.2) is 0 Å². The molecule has 0 saturated heterocycles. The Balaban J connectivity index is 2.19. The van der Waals surface area contributed by atoms with E-state index in [9.17, 15) is 5.11 Å². The van der Waals surface area contributed by atoms with Gasteiger partial charge in [-0.25, -0.2) is 9.97 Å². The Morgan fingerprint density at radius 2 is 2.10 bits per heavy atom. The van der Waals surface area contributed by atoms with E-state index in [2.05, 4.69) is 15.3 Å². The van der Waals surface area contributed by atoms with Gasteiger partial charge in [-0.15, -0.1) is 0 Å². The maximum absolute atomic E-state index is 10.5. The molecule has 1 aliphatic rings. The number of rotatable bonds is 4. The molecule has 0 bridgehead atoms. The van der Waals surface area contributed by atoms with Gasteiger partial charge < -0.3 is 10.4 Å². The van der Waals surface area contributed by atoms with E-state index in [-0.39, 0.29) is 0 Å². The summed E-state index contributed by atoms with van der Waals surface area (Å²) in [6.45, 7) is 3.75. The van der Waals surface area contributed by atoms with E-state index >= 15 is 0 Å².